The van der Waals surface area contributed by atoms with Gasteiger partial charge in [0.05, 0.1) is 0 Å². The minimum Gasteiger partial charge on any atom is -0.357 e. The van der Waals surface area contributed by atoms with Crippen molar-refractivity contribution in [2.75, 3.05) is 25.0 Å². The van der Waals surface area contributed by atoms with Crippen LogP contribution in [0.15, 0.2) is 42.6 Å². The second kappa shape index (κ2) is 11.3. The molecular formula is C24H33ClN4O. The Morgan fingerprint density at radius 2 is 1.93 bits per heavy atom. The van der Waals surface area contributed by atoms with Crippen molar-refractivity contribution in [1.82, 2.24) is 15.2 Å². The van der Waals surface area contributed by atoms with Gasteiger partial charge in [-0.05, 0) is 55.2 Å². The third-order valence-electron chi connectivity index (χ3n) is 5.61. The fourth-order valence-electron chi connectivity index (χ4n) is 3.82. The number of amides is 1. The molecule has 30 heavy (non-hydrogen) atoms. The van der Waals surface area contributed by atoms with Crippen molar-refractivity contribution in [1.29, 1.82) is 0 Å². The van der Waals surface area contributed by atoms with E-state index in [0.717, 1.165) is 31.0 Å². The summed E-state index contributed by atoms with van der Waals surface area (Å²) in [5.74, 6) is 1.19. The number of benzene rings is 1. The molecule has 1 aromatic heterocycles. The molecule has 2 heterocycles. The van der Waals surface area contributed by atoms with Crippen LogP contribution in [0.25, 0.3) is 0 Å². The predicted octanol–water partition coefficient (Wildman–Crippen LogP) is 4.64. The zero-order chi connectivity index (χ0) is 21.3. The molecule has 1 atom stereocenters. The van der Waals surface area contributed by atoms with E-state index >= 15 is 0 Å². The molecule has 6 heteroatoms. The van der Waals surface area contributed by atoms with E-state index in [-0.39, 0.29) is 11.9 Å². The third kappa shape index (κ3) is 6.99. The molecule has 2 aromatic rings. The van der Waals surface area contributed by atoms with E-state index < -0.39 is 0 Å². The number of nitrogens with zero attached hydrogens (tertiary/aromatic N) is 3. The number of pyridine rings is 1. The van der Waals surface area contributed by atoms with E-state index in [4.69, 9.17) is 11.6 Å². The van der Waals surface area contributed by atoms with E-state index in [9.17, 15) is 4.79 Å². The van der Waals surface area contributed by atoms with Gasteiger partial charge in [-0.3, -0.25) is 4.79 Å². The zero-order valence-corrected chi connectivity index (χ0v) is 18.9. The first kappa shape index (κ1) is 22.6. The highest BCUT2D eigenvalue weighted by Gasteiger charge is 2.15. The molecule has 1 N–H and O–H groups in total. The molecule has 0 aliphatic carbocycles. The summed E-state index contributed by atoms with van der Waals surface area (Å²) in [5, 5.41) is 4.18. The standard InChI is InChI=1S/C24H33ClN4O/c1-19(14-24(30)28(2)18-21-8-7-9-22(25)15-21)27-17-20-10-11-26-23(16-20)29-12-5-3-4-6-13-29/h7-11,15-16,19,27H,3-6,12-14,17-18H2,1-2H3/t19-/m1/s1. The first-order valence-corrected chi connectivity index (χ1v) is 11.3. The van der Waals surface area contributed by atoms with Gasteiger partial charge in [-0.2, -0.15) is 0 Å². The van der Waals surface area contributed by atoms with Gasteiger partial charge in [-0.25, -0.2) is 4.98 Å². The highest BCUT2D eigenvalue weighted by Crippen LogP contribution is 2.18. The van der Waals surface area contributed by atoms with E-state index in [1.807, 2.05) is 43.6 Å². The SMILES string of the molecule is C[C@H](CC(=O)N(C)Cc1cccc(Cl)c1)NCc1ccnc(N2CCCCCC2)c1. The number of aromatic nitrogens is 1. The zero-order valence-electron chi connectivity index (χ0n) is 18.1. The lowest BCUT2D eigenvalue weighted by atomic mass is 10.1. The van der Waals surface area contributed by atoms with Gasteiger partial charge in [0.15, 0.2) is 0 Å². The average Bonchev–Trinajstić information content (AvgIpc) is 3.02. The molecule has 0 saturated carbocycles. The quantitative estimate of drug-likeness (QED) is 0.665. The molecular weight excluding hydrogens is 396 g/mol. The van der Waals surface area contributed by atoms with Gasteiger partial charge in [-0.15, -0.1) is 0 Å². The van der Waals surface area contributed by atoms with Crippen molar-refractivity contribution in [3.63, 3.8) is 0 Å². The van der Waals surface area contributed by atoms with Crippen LogP contribution in [0.4, 0.5) is 5.82 Å². The largest absolute Gasteiger partial charge is 0.357 e. The van der Waals surface area contributed by atoms with Crippen LogP contribution in [0.1, 0.15) is 50.2 Å². The fraction of sp³-hybridized carbons (Fsp3) is 0.500. The Hall–Kier alpha value is -2.11. The van der Waals surface area contributed by atoms with E-state index in [1.54, 1.807) is 4.90 Å². The van der Waals surface area contributed by atoms with Gasteiger partial charge in [0.25, 0.3) is 0 Å². The van der Waals surface area contributed by atoms with Crippen molar-refractivity contribution < 1.29 is 4.79 Å². The maximum absolute atomic E-state index is 12.6. The maximum Gasteiger partial charge on any atom is 0.224 e. The molecule has 0 unspecified atom stereocenters. The van der Waals surface area contributed by atoms with Crippen LogP contribution in [0.3, 0.4) is 0 Å². The molecule has 1 aliphatic heterocycles. The van der Waals surface area contributed by atoms with Gasteiger partial charge in [0.1, 0.15) is 5.82 Å². The molecule has 0 bridgehead atoms. The number of halogens is 1. The minimum absolute atomic E-state index is 0.0918. The summed E-state index contributed by atoms with van der Waals surface area (Å²) in [6, 6.07) is 12.0. The van der Waals surface area contributed by atoms with Crippen LogP contribution in [0, 0.1) is 0 Å². The minimum atomic E-state index is 0.0918. The maximum atomic E-state index is 12.6. The molecule has 0 spiro atoms. The van der Waals surface area contributed by atoms with Crippen molar-refractivity contribution in [3.05, 3.63) is 58.7 Å². The first-order valence-electron chi connectivity index (χ1n) is 10.9. The average molecular weight is 429 g/mol. The lowest BCUT2D eigenvalue weighted by Gasteiger charge is -2.22. The Morgan fingerprint density at radius 1 is 1.17 bits per heavy atom. The summed E-state index contributed by atoms with van der Waals surface area (Å²) in [7, 11) is 1.84. The van der Waals surface area contributed by atoms with E-state index in [0.29, 0.717) is 18.0 Å². The molecule has 5 nitrogen and oxygen atoms in total. The highest BCUT2D eigenvalue weighted by atomic mass is 35.5. The molecule has 1 fully saturated rings. The lowest BCUT2D eigenvalue weighted by Crippen LogP contribution is -2.34. The Balaban J connectivity index is 1.47. The van der Waals surface area contributed by atoms with Crippen LogP contribution < -0.4 is 10.2 Å². The van der Waals surface area contributed by atoms with Gasteiger partial charge >= 0.3 is 0 Å². The lowest BCUT2D eigenvalue weighted by molar-refractivity contribution is -0.130. The fourth-order valence-corrected chi connectivity index (χ4v) is 4.04. The van der Waals surface area contributed by atoms with Crippen LogP contribution in [-0.2, 0) is 17.9 Å². The number of anilines is 1. The Kier molecular flexibility index (Phi) is 8.52. The topological polar surface area (TPSA) is 48.5 Å². The third-order valence-corrected chi connectivity index (χ3v) is 5.85. The van der Waals surface area contributed by atoms with Crippen LogP contribution in [0.2, 0.25) is 5.02 Å². The van der Waals surface area contributed by atoms with Crippen LogP contribution in [0.5, 0.6) is 0 Å². The number of carbonyl (C=O) groups excluding carboxylic acids is 1. The summed E-state index contributed by atoms with van der Waals surface area (Å²) in [6.07, 6.45) is 7.47. The summed E-state index contributed by atoms with van der Waals surface area (Å²) in [5.41, 5.74) is 2.24. The summed E-state index contributed by atoms with van der Waals surface area (Å²) in [4.78, 5) is 21.3. The number of rotatable bonds is 8. The smallest absolute Gasteiger partial charge is 0.224 e. The van der Waals surface area contributed by atoms with Gasteiger partial charge in [0, 0.05) is 56.9 Å². The predicted molar refractivity (Wildman–Crippen MR) is 124 cm³/mol. The molecule has 1 amide bonds. The number of hydrogen-bond donors (Lipinski definition) is 1. The van der Waals surface area contributed by atoms with Gasteiger partial charge < -0.3 is 15.1 Å². The second-order valence-corrected chi connectivity index (χ2v) is 8.73. The first-order chi connectivity index (χ1) is 14.5. The molecule has 1 saturated heterocycles. The van der Waals surface area contributed by atoms with E-state index in [2.05, 4.69) is 28.2 Å². The number of nitrogens with one attached hydrogen (secondary N) is 1. The van der Waals surface area contributed by atoms with Crippen LogP contribution in [-0.4, -0.2) is 42.0 Å². The van der Waals surface area contributed by atoms with Crippen LogP contribution >= 0.6 is 11.6 Å². The van der Waals surface area contributed by atoms with Gasteiger partial charge in [0.2, 0.25) is 5.91 Å². The summed E-state index contributed by atoms with van der Waals surface area (Å²) < 4.78 is 0. The van der Waals surface area contributed by atoms with Crippen molar-refractivity contribution >= 4 is 23.3 Å². The van der Waals surface area contributed by atoms with Gasteiger partial charge in [-0.1, -0.05) is 36.6 Å². The molecule has 0 radical (unpaired) electrons. The molecule has 1 aromatic carbocycles. The Bertz CT molecular complexity index is 820. The normalized spacial score (nSPS) is 15.5. The summed E-state index contributed by atoms with van der Waals surface area (Å²) in [6.45, 7) is 5.54. The van der Waals surface area contributed by atoms with Crippen molar-refractivity contribution in [3.8, 4) is 0 Å². The highest BCUT2D eigenvalue weighted by molar-refractivity contribution is 6.30. The molecule has 3 rings (SSSR count). The van der Waals surface area contributed by atoms with Crippen molar-refractivity contribution in [2.45, 2.75) is 58.2 Å². The Morgan fingerprint density at radius 3 is 2.67 bits per heavy atom. The Labute approximate surface area is 185 Å². The molecule has 1 aliphatic rings. The molecule has 162 valence electrons. The number of carbonyl (C=O) groups is 1. The van der Waals surface area contributed by atoms with E-state index in [1.165, 1.54) is 31.2 Å². The monoisotopic (exact) mass is 428 g/mol. The van der Waals surface area contributed by atoms with Crippen molar-refractivity contribution in [2.24, 2.45) is 0 Å². The number of hydrogen-bond acceptors (Lipinski definition) is 4. The summed E-state index contributed by atoms with van der Waals surface area (Å²) >= 11 is 6.04. The second-order valence-electron chi connectivity index (χ2n) is 8.29.